The molecule has 0 aliphatic carbocycles. The number of hydrogen-bond donors (Lipinski definition) is 0. The maximum Gasteiger partial charge on any atom is 0.0658 e. The molecule has 11 heavy (non-hydrogen) atoms. The van der Waals surface area contributed by atoms with Gasteiger partial charge in [0.2, 0.25) is 0 Å². The van der Waals surface area contributed by atoms with E-state index in [0.29, 0.717) is 6.61 Å². The third kappa shape index (κ3) is 3.30. The number of ether oxygens (including phenoxy) is 1. The number of hydrogen-bond acceptors (Lipinski definition) is 3. The Morgan fingerprint density at radius 2 is 2.64 bits per heavy atom. The molecule has 0 spiro atoms. The highest BCUT2D eigenvalue weighted by molar-refractivity contribution is 7.11. The topological polar surface area (TPSA) is 21.6 Å². The van der Waals surface area contributed by atoms with Crippen LogP contribution < -0.4 is 0 Å². The molecule has 0 fully saturated rings. The van der Waals surface area contributed by atoms with Gasteiger partial charge in [-0.05, 0) is 11.4 Å². The molecular weight excluding hydrogens is 158 g/mol. The molecule has 1 aromatic heterocycles. The van der Waals surface area contributed by atoms with Gasteiger partial charge in [0.1, 0.15) is 0 Å². The fraction of sp³-hybridized carbons (Fsp3) is 0.375. The highest BCUT2D eigenvalue weighted by Gasteiger charge is 1.84. The molecule has 0 amide bonds. The number of methoxy groups -OCH3 is 1. The van der Waals surface area contributed by atoms with Crippen molar-refractivity contribution in [3.8, 4) is 0 Å². The van der Waals surface area contributed by atoms with E-state index in [4.69, 9.17) is 4.74 Å². The summed E-state index contributed by atoms with van der Waals surface area (Å²) in [5.41, 5.74) is 0. The third-order valence-electron chi connectivity index (χ3n) is 1.19. The molecule has 0 atom stereocenters. The first kappa shape index (κ1) is 8.43. The van der Waals surface area contributed by atoms with Crippen molar-refractivity contribution in [1.29, 1.82) is 0 Å². The summed E-state index contributed by atoms with van der Waals surface area (Å²) in [7, 11) is 1.68. The van der Waals surface area contributed by atoms with Crippen molar-refractivity contribution < 1.29 is 4.74 Å². The molecule has 3 heteroatoms. The van der Waals surface area contributed by atoms with Gasteiger partial charge in [-0.2, -0.15) is 0 Å². The van der Waals surface area contributed by atoms with Gasteiger partial charge >= 0.3 is 0 Å². The molecule has 1 heterocycles. The monoisotopic (exact) mass is 169 g/mol. The van der Waals surface area contributed by atoms with E-state index in [9.17, 15) is 0 Å². The third-order valence-corrected chi connectivity index (χ3v) is 1.99. The lowest BCUT2D eigenvalue weighted by Gasteiger charge is -1.89. The Balaban J connectivity index is 2.25. The zero-order valence-electron chi connectivity index (χ0n) is 6.49. The summed E-state index contributed by atoms with van der Waals surface area (Å²) in [5, 5.41) is 2.04. The highest BCUT2D eigenvalue weighted by atomic mass is 32.1. The molecule has 2 nitrogen and oxygen atoms in total. The predicted octanol–water partition coefficient (Wildman–Crippen LogP) is 1.81. The average molecular weight is 169 g/mol. The van der Waals surface area contributed by atoms with Gasteiger partial charge in [-0.15, -0.1) is 11.3 Å². The lowest BCUT2D eigenvalue weighted by molar-refractivity contribution is 0.208. The van der Waals surface area contributed by atoms with Crippen molar-refractivity contribution in [3.63, 3.8) is 0 Å². The molecule has 0 saturated carbocycles. The van der Waals surface area contributed by atoms with Gasteiger partial charge < -0.3 is 4.74 Å². The lowest BCUT2D eigenvalue weighted by Crippen LogP contribution is -1.92. The Morgan fingerprint density at radius 3 is 3.27 bits per heavy atom. The summed E-state index contributed by atoms with van der Waals surface area (Å²) in [4.78, 5) is 5.36. The first-order valence-electron chi connectivity index (χ1n) is 3.46. The molecule has 0 saturated heterocycles. The molecule has 0 unspecified atom stereocenters. The van der Waals surface area contributed by atoms with Gasteiger partial charge in [0.25, 0.3) is 0 Å². The number of thiophene rings is 1. The highest BCUT2D eigenvalue weighted by Crippen LogP contribution is 2.04. The Labute approximate surface area is 70.5 Å². The first-order chi connectivity index (χ1) is 5.43. The summed E-state index contributed by atoms with van der Waals surface area (Å²) >= 11 is 1.69. The second kappa shape index (κ2) is 5.04. The summed E-state index contributed by atoms with van der Waals surface area (Å²) in [5.74, 6) is 0. The Hall–Kier alpha value is -0.670. The minimum atomic E-state index is 0.696. The Bertz CT molecular complexity index is 206. The number of nitrogens with zero attached hydrogens (tertiary/aromatic N) is 1. The molecule has 0 aliphatic heterocycles. The predicted molar refractivity (Wildman–Crippen MR) is 48.7 cm³/mol. The van der Waals surface area contributed by atoms with Crippen LogP contribution in [0.5, 0.6) is 0 Å². The largest absolute Gasteiger partial charge is 0.383 e. The van der Waals surface area contributed by atoms with Crippen LogP contribution in [0.1, 0.15) is 4.88 Å². The Morgan fingerprint density at radius 1 is 1.73 bits per heavy atom. The van der Waals surface area contributed by atoms with Crippen molar-refractivity contribution in [2.75, 3.05) is 20.3 Å². The summed E-state index contributed by atoms with van der Waals surface area (Å²) < 4.78 is 4.85. The first-order valence-corrected chi connectivity index (χ1v) is 4.33. The molecule has 0 bridgehead atoms. The SMILES string of the molecule is COCC/N=C\c1cccs1. The van der Waals surface area contributed by atoms with Crippen molar-refractivity contribution >= 4 is 17.6 Å². The van der Waals surface area contributed by atoms with Gasteiger partial charge in [0, 0.05) is 18.2 Å². The van der Waals surface area contributed by atoms with Crippen LogP contribution in [0.2, 0.25) is 0 Å². The van der Waals surface area contributed by atoms with Gasteiger partial charge in [0.15, 0.2) is 0 Å². The second-order valence-electron chi connectivity index (χ2n) is 2.04. The smallest absolute Gasteiger partial charge is 0.0658 e. The van der Waals surface area contributed by atoms with Crippen LogP contribution >= 0.6 is 11.3 Å². The van der Waals surface area contributed by atoms with Crippen LogP contribution in [-0.2, 0) is 4.74 Å². The molecule has 0 N–H and O–H groups in total. The van der Waals surface area contributed by atoms with Crippen LogP contribution in [0.15, 0.2) is 22.5 Å². The standard InChI is InChI=1S/C8H11NOS/c1-10-5-4-9-7-8-3-2-6-11-8/h2-3,6-7H,4-5H2,1H3/b9-7-. The molecule has 60 valence electrons. The van der Waals surface area contributed by atoms with E-state index in [2.05, 4.69) is 4.99 Å². The molecule has 1 aromatic rings. The van der Waals surface area contributed by atoms with Gasteiger partial charge in [-0.1, -0.05) is 6.07 Å². The van der Waals surface area contributed by atoms with Gasteiger partial charge in [-0.3, -0.25) is 4.99 Å². The van der Waals surface area contributed by atoms with E-state index >= 15 is 0 Å². The van der Waals surface area contributed by atoms with E-state index in [0.717, 1.165) is 6.54 Å². The zero-order chi connectivity index (χ0) is 7.94. The van der Waals surface area contributed by atoms with E-state index in [1.54, 1.807) is 18.4 Å². The minimum absolute atomic E-state index is 0.696. The molecule has 1 rings (SSSR count). The van der Waals surface area contributed by atoms with E-state index in [1.165, 1.54) is 4.88 Å². The maximum absolute atomic E-state index is 4.85. The van der Waals surface area contributed by atoms with Gasteiger partial charge in [0.05, 0.1) is 13.2 Å². The van der Waals surface area contributed by atoms with Crippen LogP contribution in [0, 0.1) is 0 Å². The maximum atomic E-state index is 4.85. The molecular formula is C8H11NOS. The molecule has 0 radical (unpaired) electrons. The van der Waals surface area contributed by atoms with Crippen LogP contribution in [-0.4, -0.2) is 26.5 Å². The van der Waals surface area contributed by atoms with Crippen molar-refractivity contribution in [2.24, 2.45) is 4.99 Å². The summed E-state index contributed by atoms with van der Waals surface area (Å²) in [6.07, 6.45) is 1.88. The van der Waals surface area contributed by atoms with Crippen molar-refractivity contribution in [1.82, 2.24) is 0 Å². The summed E-state index contributed by atoms with van der Waals surface area (Å²) in [6, 6.07) is 4.06. The number of rotatable bonds is 4. The van der Waals surface area contributed by atoms with Crippen LogP contribution in [0.25, 0.3) is 0 Å². The fourth-order valence-corrected chi connectivity index (χ4v) is 1.27. The fourth-order valence-electron chi connectivity index (χ4n) is 0.663. The number of aliphatic imine (C=N–C) groups is 1. The Kier molecular flexibility index (Phi) is 3.86. The van der Waals surface area contributed by atoms with E-state index in [1.807, 2.05) is 23.7 Å². The molecule has 0 aliphatic rings. The minimum Gasteiger partial charge on any atom is -0.383 e. The zero-order valence-corrected chi connectivity index (χ0v) is 7.30. The van der Waals surface area contributed by atoms with Crippen LogP contribution in [0.3, 0.4) is 0 Å². The van der Waals surface area contributed by atoms with Crippen LogP contribution in [0.4, 0.5) is 0 Å². The summed E-state index contributed by atoms with van der Waals surface area (Å²) in [6.45, 7) is 1.44. The normalized spacial score (nSPS) is 11.0. The molecule has 0 aromatic carbocycles. The van der Waals surface area contributed by atoms with Crippen molar-refractivity contribution in [3.05, 3.63) is 22.4 Å². The van der Waals surface area contributed by atoms with Gasteiger partial charge in [-0.25, -0.2) is 0 Å². The second-order valence-corrected chi connectivity index (χ2v) is 3.02. The van der Waals surface area contributed by atoms with E-state index < -0.39 is 0 Å². The quantitative estimate of drug-likeness (QED) is 0.497. The van der Waals surface area contributed by atoms with Crippen molar-refractivity contribution in [2.45, 2.75) is 0 Å². The average Bonchev–Trinajstić information content (AvgIpc) is 2.50. The van der Waals surface area contributed by atoms with E-state index in [-0.39, 0.29) is 0 Å². The lowest BCUT2D eigenvalue weighted by atomic mass is 10.5.